The highest BCUT2D eigenvalue weighted by Crippen LogP contribution is 2.40. The van der Waals surface area contributed by atoms with Gasteiger partial charge in [-0.05, 0) is 47.4 Å². The van der Waals surface area contributed by atoms with Gasteiger partial charge in [0.15, 0.2) is 9.84 Å². The second-order valence-corrected chi connectivity index (χ2v) is 11.7. The fraction of sp³-hybridized carbons (Fsp3) is 0.591. The molecule has 0 bridgehead atoms. The first-order valence-electron chi connectivity index (χ1n) is 9.52. The number of aromatic hydroxyl groups is 1. The van der Waals surface area contributed by atoms with Crippen LogP contribution in [0.2, 0.25) is 0 Å². The second-order valence-electron chi connectivity index (χ2n) is 9.54. The van der Waals surface area contributed by atoms with Crippen LogP contribution in [0.15, 0.2) is 17.0 Å². The van der Waals surface area contributed by atoms with Gasteiger partial charge in [-0.25, -0.2) is 8.42 Å². The van der Waals surface area contributed by atoms with Crippen molar-refractivity contribution in [2.24, 2.45) is 0 Å². The summed E-state index contributed by atoms with van der Waals surface area (Å²) in [5.41, 5.74) is 1.50. The number of rotatable bonds is 3. The fourth-order valence-electron chi connectivity index (χ4n) is 3.59. The highest BCUT2D eigenvalue weighted by Gasteiger charge is 2.32. The Bertz CT molecular complexity index is 850. The van der Waals surface area contributed by atoms with E-state index in [2.05, 4.69) is 0 Å². The van der Waals surface area contributed by atoms with Crippen LogP contribution in [0.3, 0.4) is 0 Å². The van der Waals surface area contributed by atoms with Crippen LogP contribution in [0.1, 0.15) is 83.9 Å². The number of hydrogen-bond acceptors (Lipinski definition) is 4. The summed E-state index contributed by atoms with van der Waals surface area (Å²) in [6.07, 6.45) is 4.50. The maximum Gasteiger partial charge on any atom is 0.191 e. The van der Waals surface area contributed by atoms with E-state index < -0.39 is 15.1 Å². The average molecular weight is 390 g/mol. The molecule has 1 aromatic carbocycles. The average Bonchev–Trinajstić information content (AvgIpc) is 3.06. The predicted molar refractivity (Wildman–Crippen MR) is 110 cm³/mol. The molecule has 1 N–H and O–H groups in total. The van der Waals surface area contributed by atoms with Crippen molar-refractivity contribution in [3.8, 4) is 11.8 Å². The third-order valence-corrected chi connectivity index (χ3v) is 7.38. The molecule has 1 aliphatic carbocycles. The number of benzene rings is 1. The van der Waals surface area contributed by atoms with Crippen molar-refractivity contribution < 1.29 is 13.5 Å². The fourth-order valence-corrected chi connectivity index (χ4v) is 5.33. The predicted octanol–water partition coefficient (Wildman–Crippen LogP) is 5.21. The number of sulfone groups is 1. The first kappa shape index (κ1) is 21.5. The Morgan fingerprint density at radius 2 is 1.52 bits per heavy atom. The lowest BCUT2D eigenvalue weighted by molar-refractivity contribution is 0.423. The molecule has 0 amide bonds. The molecule has 2 rings (SSSR count). The summed E-state index contributed by atoms with van der Waals surface area (Å²) in [5.74, 6) is 0.240. The summed E-state index contributed by atoms with van der Waals surface area (Å²) in [6, 6.07) is 5.50. The minimum absolute atomic E-state index is 0.181. The minimum atomic E-state index is -3.62. The lowest BCUT2D eigenvalue weighted by Gasteiger charge is -2.28. The van der Waals surface area contributed by atoms with E-state index in [-0.39, 0.29) is 21.5 Å². The molecule has 1 saturated carbocycles. The molecule has 4 nitrogen and oxygen atoms in total. The van der Waals surface area contributed by atoms with Crippen molar-refractivity contribution in [1.82, 2.24) is 0 Å². The van der Waals surface area contributed by atoms with Gasteiger partial charge >= 0.3 is 0 Å². The molecule has 0 aromatic heterocycles. The van der Waals surface area contributed by atoms with Gasteiger partial charge in [0.1, 0.15) is 16.7 Å². The highest BCUT2D eigenvalue weighted by atomic mass is 32.2. The lowest BCUT2D eigenvalue weighted by Crippen LogP contribution is -2.19. The van der Waals surface area contributed by atoms with E-state index in [0.29, 0.717) is 18.4 Å². The number of nitriles is 1. The molecule has 0 atom stereocenters. The molecule has 0 saturated heterocycles. The van der Waals surface area contributed by atoms with Gasteiger partial charge in [-0.2, -0.15) is 5.26 Å². The smallest absolute Gasteiger partial charge is 0.191 e. The Morgan fingerprint density at radius 1 is 1.07 bits per heavy atom. The summed E-state index contributed by atoms with van der Waals surface area (Å²) in [6.45, 7) is 12.0. The monoisotopic (exact) mass is 389 g/mol. The molecule has 27 heavy (non-hydrogen) atoms. The number of nitrogens with zero attached hydrogens (tertiary/aromatic N) is 1. The molecular weight excluding hydrogens is 358 g/mol. The largest absolute Gasteiger partial charge is 0.507 e. The van der Waals surface area contributed by atoms with E-state index in [1.165, 1.54) is 6.08 Å². The third kappa shape index (κ3) is 4.55. The molecule has 0 radical (unpaired) electrons. The van der Waals surface area contributed by atoms with Gasteiger partial charge in [0, 0.05) is 11.1 Å². The van der Waals surface area contributed by atoms with E-state index in [1.807, 2.05) is 47.6 Å². The Hall–Kier alpha value is -1.80. The van der Waals surface area contributed by atoms with Gasteiger partial charge in [0.2, 0.25) is 0 Å². The van der Waals surface area contributed by atoms with Crippen molar-refractivity contribution in [2.75, 3.05) is 0 Å². The molecule has 148 valence electrons. The van der Waals surface area contributed by atoms with E-state index >= 15 is 0 Å². The number of allylic oxidation sites excluding steroid dienone is 1. The molecule has 0 heterocycles. The highest BCUT2D eigenvalue weighted by molar-refractivity contribution is 7.96. The maximum atomic E-state index is 12.9. The van der Waals surface area contributed by atoms with Crippen LogP contribution >= 0.6 is 0 Å². The summed E-state index contributed by atoms with van der Waals surface area (Å²) in [7, 11) is -3.62. The van der Waals surface area contributed by atoms with Crippen molar-refractivity contribution in [1.29, 1.82) is 5.26 Å². The Labute approximate surface area is 163 Å². The van der Waals surface area contributed by atoms with E-state index in [0.717, 1.165) is 24.0 Å². The standard InChI is InChI=1S/C22H31NO3S/c1-21(2,3)18-12-15(13-19(20(18)24)22(4,5)6)11-17(14-23)27(25,26)16-9-7-8-10-16/h11-13,16,24H,7-10H2,1-6H3/b17-11-. The molecular formula is C22H31NO3S. The molecule has 5 heteroatoms. The summed E-state index contributed by atoms with van der Waals surface area (Å²) in [5, 5.41) is 19.9. The summed E-state index contributed by atoms with van der Waals surface area (Å²) < 4.78 is 25.7. The first-order chi connectivity index (χ1) is 12.3. The first-order valence-corrected chi connectivity index (χ1v) is 11.1. The van der Waals surface area contributed by atoms with Crippen molar-refractivity contribution >= 4 is 15.9 Å². The quantitative estimate of drug-likeness (QED) is 0.720. The zero-order valence-electron chi connectivity index (χ0n) is 17.3. The van der Waals surface area contributed by atoms with Gasteiger partial charge in [-0.1, -0.05) is 54.4 Å². The number of phenolic OH excluding ortho intramolecular Hbond substituents is 1. The van der Waals surface area contributed by atoms with Gasteiger partial charge in [-0.15, -0.1) is 0 Å². The normalized spacial score (nSPS) is 17.1. The van der Waals surface area contributed by atoms with Gasteiger partial charge in [-0.3, -0.25) is 0 Å². The SMILES string of the molecule is CC(C)(C)c1cc(/C=C(/C#N)S(=O)(=O)C2CCCC2)cc(C(C)(C)C)c1O. The van der Waals surface area contributed by atoms with E-state index in [4.69, 9.17) is 0 Å². The molecule has 0 unspecified atom stereocenters. The molecule has 0 spiro atoms. The third-order valence-electron chi connectivity index (χ3n) is 5.20. The van der Waals surface area contributed by atoms with Crippen molar-refractivity contribution in [2.45, 2.75) is 83.3 Å². The van der Waals surface area contributed by atoms with Crippen LogP contribution in [-0.4, -0.2) is 18.8 Å². The Kier molecular flexibility index (Phi) is 5.82. The van der Waals surface area contributed by atoms with Crippen LogP contribution < -0.4 is 0 Å². The molecule has 0 aliphatic heterocycles. The van der Waals surface area contributed by atoms with Crippen LogP contribution in [0.25, 0.3) is 6.08 Å². The molecule has 1 aliphatic rings. The van der Waals surface area contributed by atoms with E-state index in [1.54, 1.807) is 12.1 Å². The van der Waals surface area contributed by atoms with Gasteiger partial charge < -0.3 is 5.11 Å². The number of hydrogen-bond donors (Lipinski definition) is 1. The van der Waals surface area contributed by atoms with E-state index in [9.17, 15) is 18.8 Å². The van der Waals surface area contributed by atoms with Crippen LogP contribution in [0.4, 0.5) is 0 Å². The Morgan fingerprint density at radius 3 is 1.89 bits per heavy atom. The number of phenols is 1. The van der Waals surface area contributed by atoms with Crippen LogP contribution in [0, 0.1) is 11.3 Å². The lowest BCUT2D eigenvalue weighted by atomic mass is 9.78. The van der Waals surface area contributed by atoms with Crippen LogP contribution in [-0.2, 0) is 20.7 Å². The second kappa shape index (κ2) is 7.31. The zero-order valence-corrected chi connectivity index (χ0v) is 18.1. The topological polar surface area (TPSA) is 78.2 Å². The van der Waals surface area contributed by atoms with Crippen molar-refractivity contribution in [3.05, 3.63) is 33.7 Å². The molecule has 1 fully saturated rings. The van der Waals surface area contributed by atoms with Gasteiger partial charge in [0.25, 0.3) is 0 Å². The van der Waals surface area contributed by atoms with Crippen molar-refractivity contribution in [3.63, 3.8) is 0 Å². The van der Waals surface area contributed by atoms with Crippen LogP contribution in [0.5, 0.6) is 5.75 Å². The summed E-state index contributed by atoms with van der Waals surface area (Å²) >= 11 is 0. The zero-order chi connectivity index (χ0) is 20.6. The Balaban J connectivity index is 2.66. The van der Waals surface area contributed by atoms with Gasteiger partial charge in [0.05, 0.1) is 5.25 Å². The molecule has 1 aromatic rings. The minimum Gasteiger partial charge on any atom is -0.507 e. The maximum absolute atomic E-state index is 12.9. The summed E-state index contributed by atoms with van der Waals surface area (Å²) in [4.78, 5) is -0.181.